The molecular weight excluding hydrogens is 210 g/mol. The number of nitrogens with one attached hydrogen (secondary N) is 1. The van der Waals surface area contributed by atoms with E-state index in [0.29, 0.717) is 12.6 Å². The summed E-state index contributed by atoms with van der Waals surface area (Å²) in [4.78, 5) is 0. The van der Waals surface area contributed by atoms with Crippen LogP contribution in [-0.2, 0) is 0 Å². The number of hydrogen-bond donors (Lipinski definition) is 2. The molecule has 1 saturated carbocycles. The molecule has 1 aliphatic carbocycles. The van der Waals surface area contributed by atoms with Crippen LogP contribution >= 0.6 is 0 Å². The van der Waals surface area contributed by atoms with Crippen LogP contribution in [0.2, 0.25) is 0 Å². The minimum absolute atomic E-state index is 0.306. The molecule has 1 atom stereocenters. The van der Waals surface area contributed by atoms with E-state index >= 15 is 0 Å². The first-order chi connectivity index (χ1) is 8.11. The van der Waals surface area contributed by atoms with Gasteiger partial charge in [-0.05, 0) is 37.8 Å². The van der Waals surface area contributed by atoms with Gasteiger partial charge in [0.25, 0.3) is 0 Å². The Balaban J connectivity index is 1.93. The lowest BCUT2D eigenvalue weighted by Gasteiger charge is -2.26. The van der Waals surface area contributed by atoms with Crippen LogP contribution < -0.4 is 5.32 Å². The van der Waals surface area contributed by atoms with Gasteiger partial charge in [0.05, 0.1) is 5.60 Å². The number of benzene rings is 1. The average Bonchev–Trinajstić information content (AvgIpc) is 2.74. The summed E-state index contributed by atoms with van der Waals surface area (Å²) in [7, 11) is 0. The van der Waals surface area contributed by atoms with E-state index in [1.807, 2.05) is 0 Å². The van der Waals surface area contributed by atoms with Crippen LogP contribution in [0.5, 0.6) is 0 Å². The summed E-state index contributed by atoms with van der Waals surface area (Å²) in [6.07, 6.45) is 4.22. The van der Waals surface area contributed by atoms with Crippen LogP contribution in [0.1, 0.15) is 49.8 Å². The minimum atomic E-state index is -0.461. The second-order valence-electron chi connectivity index (χ2n) is 5.39. The first-order valence-electron chi connectivity index (χ1n) is 6.62. The highest BCUT2D eigenvalue weighted by atomic mass is 16.3. The molecule has 2 nitrogen and oxygen atoms in total. The highest BCUT2D eigenvalue weighted by Crippen LogP contribution is 2.29. The lowest BCUT2D eigenvalue weighted by Crippen LogP contribution is -2.39. The molecule has 1 fully saturated rings. The van der Waals surface area contributed by atoms with Gasteiger partial charge in [-0.3, -0.25) is 0 Å². The molecule has 2 rings (SSSR count). The fourth-order valence-corrected chi connectivity index (χ4v) is 2.74. The van der Waals surface area contributed by atoms with Gasteiger partial charge >= 0.3 is 0 Å². The van der Waals surface area contributed by atoms with Crippen molar-refractivity contribution in [3.05, 3.63) is 35.4 Å². The molecule has 1 aromatic carbocycles. The number of rotatable bonds is 4. The first-order valence-corrected chi connectivity index (χ1v) is 6.62. The van der Waals surface area contributed by atoms with E-state index < -0.39 is 5.60 Å². The highest BCUT2D eigenvalue weighted by Gasteiger charge is 2.31. The lowest BCUT2D eigenvalue weighted by atomic mass is 9.99. The van der Waals surface area contributed by atoms with E-state index in [0.717, 1.165) is 25.7 Å². The van der Waals surface area contributed by atoms with E-state index in [4.69, 9.17) is 0 Å². The third-order valence-corrected chi connectivity index (χ3v) is 3.93. The van der Waals surface area contributed by atoms with Gasteiger partial charge in [-0.25, -0.2) is 0 Å². The van der Waals surface area contributed by atoms with Crippen molar-refractivity contribution in [3.63, 3.8) is 0 Å². The molecule has 0 bridgehead atoms. The lowest BCUT2D eigenvalue weighted by molar-refractivity contribution is 0.0453. The fraction of sp³-hybridized carbons (Fsp3) is 0.600. The molecule has 1 aromatic rings. The van der Waals surface area contributed by atoms with Gasteiger partial charge in [-0.1, -0.05) is 37.1 Å². The van der Waals surface area contributed by atoms with Crippen LogP contribution in [0.4, 0.5) is 0 Å². The largest absolute Gasteiger partial charge is 0.389 e. The topological polar surface area (TPSA) is 32.3 Å². The molecule has 0 heterocycles. The Bertz CT molecular complexity index is 369. The summed E-state index contributed by atoms with van der Waals surface area (Å²) >= 11 is 0. The van der Waals surface area contributed by atoms with Crippen molar-refractivity contribution in [1.29, 1.82) is 0 Å². The molecule has 94 valence electrons. The molecule has 0 aromatic heterocycles. The van der Waals surface area contributed by atoms with Crippen LogP contribution in [0.25, 0.3) is 0 Å². The predicted molar refractivity (Wildman–Crippen MR) is 71.0 cm³/mol. The predicted octanol–water partition coefficient (Wildman–Crippen LogP) is 2.95. The maximum absolute atomic E-state index is 10.3. The van der Waals surface area contributed by atoms with E-state index in [1.54, 1.807) is 0 Å². The average molecular weight is 233 g/mol. The standard InChI is InChI=1S/C15H23NO/c1-12-7-3-4-8-14(12)13(2)16-11-15(17)9-5-6-10-15/h3-4,7-8,13,16-17H,5-6,9-11H2,1-2H3/t13-/m0/s1. The third kappa shape index (κ3) is 3.08. The van der Waals surface area contributed by atoms with Gasteiger partial charge in [0, 0.05) is 12.6 Å². The number of aryl methyl sites for hydroxylation is 1. The third-order valence-electron chi connectivity index (χ3n) is 3.93. The molecule has 0 saturated heterocycles. The maximum atomic E-state index is 10.3. The van der Waals surface area contributed by atoms with E-state index in [9.17, 15) is 5.11 Å². The molecule has 0 spiro atoms. The number of aliphatic hydroxyl groups is 1. The second kappa shape index (κ2) is 5.19. The molecule has 17 heavy (non-hydrogen) atoms. The van der Waals surface area contributed by atoms with Crippen LogP contribution in [0, 0.1) is 6.92 Å². The minimum Gasteiger partial charge on any atom is -0.389 e. The summed E-state index contributed by atoms with van der Waals surface area (Å²) in [5.41, 5.74) is 2.18. The van der Waals surface area contributed by atoms with Crippen LogP contribution in [0.3, 0.4) is 0 Å². The van der Waals surface area contributed by atoms with Crippen molar-refractivity contribution in [1.82, 2.24) is 5.32 Å². The first kappa shape index (κ1) is 12.6. The fourth-order valence-electron chi connectivity index (χ4n) is 2.74. The molecule has 0 radical (unpaired) electrons. The summed E-state index contributed by atoms with van der Waals surface area (Å²) < 4.78 is 0. The Labute approximate surface area is 104 Å². The molecule has 2 heteroatoms. The Morgan fingerprint density at radius 3 is 2.59 bits per heavy atom. The maximum Gasteiger partial charge on any atom is 0.0771 e. The smallest absolute Gasteiger partial charge is 0.0771 e. The van der Waals surface area contributed by atoms with Crippen molar-refractivity contribution in [2.45, 2.75) is 51.2 Å². The Hall–Kier alpha value is -0.860. The summed E-state index contributed by atoms with van der Waals surface area (Å²) in [5, 5.41) is 13.8. The van der Waals surface area contributed by atoms with Crippen molar-refractivity contribution in [2.75, 3.05) is 6.54 Å². The normalized spacial score (nSPS) is 20.4. The zero-order valence-electron chi connectivity index (χ0n) is 10.9. The quantitative estimate of drug-likeness (QED) is 0.838. The monoisotopic (exact) mass is 233 g/mol. The van der Waals surface area contributed by atoms with Gasteiger partial charge in [0.1, 0.15) is 0 Å². The molecule has 1 aliphatic rings. The second-order valence-corrected chi connectivity index (χ2v) is 5.39. The van der Waals surface area contributed by atoms with Crippen molar-refractivity contribution in [3.8, 4) is 0 Å². The van der Waals surface area contributed by atoms with E-state index in [1.165, 1.54) is 11.1 Å². The van der Waals surface area contributed by atoms with Crippen LogP contribution in [-0.4, -0.2) is 17.3 Å². The summed E-state index contributed by atoms with van der Waals surface area (Å²) in [5.74, 6) is 0. The Morgan fingerprint density at radius 1 is 1.29 bits per heavy atom. The van der Waals surface area contributed by atoms with Crippen molar-refractivity contribution in [2.24, 2.45) is 0 Å². The summed E-state index contributed by atoms with van der Waals surface area (Å²) in [6.45, 7) is 5.01. The molecule has 0 amide bonds. The van der Waals surface area contributed by atoms with Gasteiger partial charge in [0.2, 0.25) is 0 Å². The van der Waals surface area contributed by atoms with E-state index in [-0.39, 0.29) is 0 Å². The molecule has 0 aliphatic heterocycles. The van der Waals surface area contributed by atoms with Gasteiger partial charge < -0.3 is 10.4 Å². The molecular formula is C15H23NO. The van der Waals surface area contributed by atoms with Crippen molar-refractivity contribution >= 4 is 0 Å². The Morgan fingerprint density at radius 2 is 1.94 bits per heavy atom. The number of hydrogen-bond acceptors (Lipinski definition) is 2. The highest BCUT2D eigenvalue weighted by molar-refractivity contribution is 5.28. The van der Waals surface area contributed by atoms with Crippen LogP contribution in [0.15, 0.2) is 24.3 Å². The van der Waals surface area contributed by atoms with Gasteiger partial charge in [-0.15, -0.1) is 0 Å². The molecule has 0 unspecified atom stereocenters. The zero-order chi connectivity index (χ0) is 12.3. The zero-order valence-corrected chi connectivity index (χ0v) is 10.9. The van der Waals surface area contributed by atoms with Crippen molar-refractivity contribution < 1.29 is 5.11 Å². The SMILES string of the molecule is Cc1ccccc1[C@H](C)NCC1(O)CCCC1. The Kier molecular flexibility index (Phi) is 3.85. The van der Waals surface area contributed by atoms with E-state index in [2.05, 4.69) is 43.4 Å². The molecule has 2 N–H and O–H groups in total. The van der Waals surface area contributed by atoms with Gasteiger partial charge in [0.15, 0.2) is 0 Å². The van der Waals surface area contributed by atoms with Gasteiger partial charge in [-0.2, -0.15) is 0 Å². The summed E-state index contributed by atoms with van der Waals surface area (Å²) in [6, 6.07) is 8.74.